The summed E-state index contributed by atoms with van der Waals surface area (Å²) in [6.07, 6.45) is 19.1. The molecule has 6 aromatic heterocycles. The van der Waals surface area contributed by atoms with E-state index in [4.69, 9.17) is 0 Å². The second kappa shape index (κ2) is 50.3. The number of urea groups is 6. The van der Waals surface area contributed by atoms with Crippen LogP contribution in [0, 0.1) is 0 Å². The van der Waals surface area contributed by atoms with Gasteiger partial charge in [0.25, 0.3) is 0 Å². The number of carbonyl (C=O) groups is 6. The van der Waals surface area contributed by atoms with Gasteiger partial charge in [0.15, 0.2) is 0 Å². The molecule has 30 N–H and O–H groups in total. The van der Waals surface area contributed by atoms with Gasteiger partial charge in [0.2, 0.25) is 0 Å². The zero-order valence-electron chi connectivity index (χ0n) is 45.0. The third-order valence-corrected chi connectivity index (χ3v) is 9.91. The van der Waals surface area contributed by atoms with Crippen LogP contribution in [-0.4, -0.2) is 154 Å². The van der Waals surface area contributed by atoms with Crippen molar-refractivity contribution < 1.29 is 104 Å². The van der Waals surface area contributed by atoms with E-state index < -0.39 is 0 Å². The Balaban J connectivity index is -0.000000441. The van der Waals surface area contributed by atoms with Gasteiger partial charge in [-0.2, -0.15) is 0 Å². The van der Waals surface area contributed by atoms with Crippen LogP contribution in [-0.2, 0) is 49.9 Å². The number of nitrogens with one attached hydrogen (secondary N) is 12. The molecule has 6 aromatic rings. The summed E-state index contributed by atoms with van der Waals surface area (Å²) in [6.45, 7) is 5.22. The summed E-state index contributed by atoms with van der Waals surface area (Å²) in [6, 6.07) is 18.3. The van der Waals surface area contributed by atoms with Crippen molar-refractivity contribution in [3.63, 3.8) is 0 Å². The molecule has 0 saturated heterocycles. The van der Waals surface area contributed by atoms with Crippen molar-refractivity contribution in [3.05, 3.63) is 147 Å². The molecule has 0 aliphatic carbocycles. The van der Waals surface area contributed by atoms with Gasteiger partial charge in [-0.3, -0.25) is 39.7 Å². The Hall–Kier alpha value is -8.70. The first kappa shape index (κ1) is 83.1. The number of hydrogen-bond acceptors (Lipinski definition) is 14. The van der Waals surface area contributed by atoms with E-state index >= 15 is 0 Å². The average Bonchev–Trinajstić information content (AvgIpc) is 3.40. The quantitative estimate of drug-likeness (QED) is 0.0198. The van der Waals surface area contributed by atoms with Crippen molar-refractivity contribution in [2.24, 2.45) is 0 Å². The van der Waals surface area contributed by atoms with Gasteiger partial charge in [-0.05, 0) is 72.8 Å². The first-order valence-corrected chi connectivity index (χ1v) is 23.3. The Morgan fingerprint density at radius 3 is 0.506 bits per heavy atom. The molecular weight excluding hydrogens is 1170 g/mol. The molecule has 0 unspecified atom stereocenters. The molecule has 0 bridgehead atoms. The van der Waals surface area contributed by atoms with Gasteiger partial charge in [-0.25, -0.2) is 28.8 Å². The molecule has 0 fully saturated rings. The van der Waals surface area contributed by atoms with E-state index in [-0.39, 0.29) is 111 Å². The summed E-state index contributed by atoms with van der Waals surface area (Å²) in [5.41, 5.74) is 3.82. The van der Waals surface area contributed by atoms with Gasteiger partial charge in [-0.15, -0.1) is 0 Å². The Labute approximate surface area is 500 Å². The molecule has 32 nitrogen and oxygen atoms in total. The van der Waals surface area contributed by atoms with Gasteiger partial charge in [0, 0.05) is 187 Å². The number of hydrogen-bond donors (Lipinski definition) is 12. The largest absolute Gasteiger partial charge is 2.00 e. The van der Waals surface area contributed by atoms with E-state index in [9.17, 15) is 28.8 Å². The van der Waals surface area contributed by atoms with Crippen molar-refractivity contribution in [2.45, 2.75) is 0 Å². The molecule has 0 atom stereocenters. The number of pyridine rings is 6. The second-order valence-electron chi connectivity index (χ2n) is 15.4. The molecule has 35 heteroatoms. The van der Waals surface area contributed by atoms with Gasteiger partial charge in [0.05, 0.1) is 0 Å². The molecule has 457 valence electrons. The molecule has 6 heterocycles. The number of carbonyl (C=O) groups excluding carboxylic acids is 6. The van der Waals surface area contributed by atoms with E-state index in [0.29, 0.717) is 113 Å². The Morgan fingerprint density at radius 1 is 0.265 bits per heavy atom. The number of halogens is 2. The van der Waals surface area contributed by atoms with Crippen molar-refractivity contribution in [1.82, 2.24) is 71.6 Å². The van der Waals surface area contributed by atoms with Crippen molar-refractivity contribution in [3.8, 4) is 0 Å². The molecular formula is C48H78Cl2MnN20O12+6. The number of rotatable bonds is 24. The molecule has 12 amide bonds. The van der Waals surface area contributed by atoms with Crippen LogP contribution in [0.5, 0.6) is 0 Å². The molecule has 6 rings (SSSR count). The fraction of sp³-hybridized carbons (Fsp3) is 0.250. The minimum absolute atomic E-state index is 0. The number of amides is 12. The van der Waals surface area contributed by atoms with E-state index in [1.807, 2.05) is 9.80 Å². The summed E-state index contributed by atoms with van der Waals surface area (Å²) in [5, 5.41) is 33.2. The maximum Gasteiger partial charge on any atom is 2.00 e. The third kappa shape index (κ3) is 37.8. The first-order chi connectivity index (χ1) is 36.2. The fourth-order valence-corrected chi connectivity index (χ4v) is 6.30. The third-order valence-electron chi connectivity index (χ3n) is 9.91. The smallest absolute Gasteiger partial charge is 1.00 e. The van der Waals surface area contributed by atoms with Crippen LogP contribution in [0.3, 0.4) is 0 Å². The van der Waals surface area contributed by atoms with Crippen LogP contribution in [0.4, 0.5) is 62.9 Å². The zero-order chi connectivity index (χ0) is 52.3. The zero-order valence-corrected chi connectivity index (χ0v) is 47.7. The minimum Gasteiger partial charge on any atom is -1.00 e. The van der Waals surface area contributed by atoms with E-state index in [2.05, 4.69) is 93.7 Å². The SMILES string of the molecule is O=C(NCCN(CCNC(=O)Nc1ccncc1)CCNC(=O)Nc1ccncc1)Nc1ccncc1.O=C(NCCN(CCNC(=O)Nc1ccncc1)CCNC(=O)Nc1ccncc1)Nc1ccncc1.[Cl-].[Cl-].[Mn+2].[OH3+].[OH3+].[OH3+].[OH3+].[OH3+].[OH3+]. The predicted octanol–water partition coefficient (Wildman–Crippen LogP) is -7.65. The molecule has 0 aliphatic rings. The number of anilines is 6. The topological polar surface area (TPSA) is 529 Å². The van der Waals surface area contributed by atoms with Gasteiger partial charge < -0.3 is 121 Å². The summed E-state index contributed by atoms with van der Waals surface area (Å²) in [7, 11) is 0. The molecule has 0 saturated carbocycles. The summed E-state index contributed by atoms with van der Waals surface area (Å²) in [4.78, 5) is 100. The van der Waals surface area contributed by atoms with E-state index in [1.54, 1.807) is 147 Å². The van der Waals surface area contributed by atoms with Crippen LogP contribution >= 0.6 is 0 Å². The van der Waals surface area contributed by atoms with E-state index in [0.717, 1.165) is 0 Å². The van der Waals surface area contributed by atoms with Crippen molar-refractivity contribution >= 4 is 70.3 Å². The molecule has 0 aliphatic heterocycles. The van der Waals surface area contributed by atoms with Crippen LogP contribution in [0.1, 0.15) is 0 Å². The van der Waals surface area contributed by atoms with Crippen LogP contribution in [0.25, 0.3) is 0 Å². The number of aromatic nitrogens is 6. The Bertz CT molecular complexity index is 2140. The Kier molecular flexibility index (Phi) is 50.3. The summed E-state index contributed by atoms with van der Waals surface area (Å²) < 4.78 is 0. The molecule has 83 heavy (non-hydrogen) atoms. The van der Waals surface area contributed by atoms with Crippen molar-refractivity contribution in [2.75, 3.05) is 110 Å². The van der Waals surface area contributed by atoms with Crippen LogP contribution in [0.2, 0.25) is 0 Å². The van der Waals surface area contributed by atoms with Gasteiger partial charge in [0.1, 0.15) is 0 Å². The Morgan fingerprint density at radius 2 is 0.386 bits per heavy atom. The van der Waals surface area contributed by atoms with Crippen LogP contribution < -0.4 is 88.6 Å². The van der Waals surface area contributed by atoms with E-state index in [1.165, 1.54) is 0 Å². The fourth-order valence-electron chi connectivity index (χ4n) is 6.30. The van der Waals surface area contributed by atoms with Crippen LogP contribution in [0.15, 0.2) is 147 Å². The first-order valence-electron chi connectivity index (χ1n) is 23.3. The normalized spacial score (nSPS) is 9.18. The average molecular weight is 1250 g/mol. The summed E-state index contributed by atoms with van der Waals surface area (Å²) in [5.74, 6) is 0. The van der Waals surface area contributed by atoms with Gasteiger partial charge in [-0.1, -0.05) is 0 Å². The minimum atomic E-state index is -0.337. The number of nitrogens with zero attached hydrogens (tertiary/aromatic N) is 8. The monoisotopic (exact) mass is 1250 g/mol. The predicted molar refractivity (Wildman–Crippen MR) is 310 cm³/mol. The molecule has 0 aromatic carbocycles. The standard InChI is InChI=1S/2C24H30N10O3.2ClH.Mn.6H2O/c2*35-22(31-19-1-7-25-8-2-19)28-13-16-34(17-14-29-23(36)32-20-3-9-26-10-4-20)18-15-30-24(37)33-21-5-11-27-12-6-21;;;;;;;;;/h2*1-12H,13-18H2,(H2,25,28,31,35)(H2,26,29,32,36)(H2,27,30,33,37);2*1H;;6*1H2/q;;;;+2;;;;;;/p+4. The van der Waals surface area contributed by atoms with Gasteiger partial charge >= 0.3 is 53.3 Å². The molecule has 1 radical (unpaired) electrons. The maximum atomic E-state index is 12.1. The van der Waals surface area contributed by atoms with Crippen molar-refractivity contribution in [1.29, 1.82) is 0 Å². The maximum absolute atomic E-state index is 12.1. The molecule has 0 spiro atoms. The second-order valence-corrected chi connectivity index (χ2v) is 15.4. The summed E-state index contributed by atoms with van der Waals surface area (Å²) >= 11 is 0.